The van der Waals surface area contributed by atoms with Crippen LogP contribution in [0.5, 0.6) is 0 Å². The van der Waals surface area contributed by atoms with Crippen LogP contribution < -0.4 is 10.5 Å². The standard InChI is InChI=1S/C14H22ClN3O2S/c1-3-18-5-4-11(9-18)8-17-21(19,20)14-7-12(15)6-13(16)10(14)2/h6-7,11,17H,3-5,8-9,16H2,1-2H3. The van der Waals surface area contributed by atoms with Crippen molar-refractivity contribution in [2.45, 2.75) is 25.2 Å². The Labute approximate surface area is 131 Å². The number of likely N-dealkylation sites (tertiary alicyclic amines) is 1. The maximum absolute atomic E-state index is 12.4. The molecule has 5 nitrogen and oxygen atoms in total. The number of nitrogens with two attached hydrogens (primary N) is 1. The zero-order valence-electron chi connectivity index (χ0n) is 12.4. The van der Waals surface area contributed by atoms with Crippen LogP contribution in [0.15, 0.2) is 17.0 Å². The van der Waals surface area contributed by atoms with Crippen molar-refractivity contribution < 1.29 is 8.42 Å². The second kappa shape index (κ2) is 6.52. The van der Waals surface area contributed by atoms with E-state index < -0.39 is 10.0 Å². The maximum atomic E-state index is 12.4. The van der Waals surface area contributed by atoms with Crippen LogP contribution in [0.3, 0.4) is 0 Å². The number of anilines is 1. The van der Waals surface area contributed by atoms with Crippen LogP contribution in [0.2, 0.25) is 5.02 Å². The number of nitrogen functional groups attached to an aromatic ring is 1. The molecule has 1 aliphatic heterocycles. The Kier molecular flexibility index (Phi) is 5.14. The van der Waals surface area contributed by atoms with E-state index >= 15 is 0 Å². The van der Waals surface area contributed by atoms with Gasteiger partial charge in [-0.15, -0.1) is 0 Å². The molecule has 2 rings (SSSR count). The predicted octanol–water partition coefficient (Wildman–Crippen LogP) is 1.85. The van der Waals surface area contributed by atoms with Gasteiger partial charge in [-0.2, -0.15) is 0 Å². The van der Waals surface area contributed by atoms with E-state index in [9.17, 15) is 8.42 Å². The van der Waals surface area contributed by atoms with Crippen LogP contribution in [-0.4, -0.2) is 39.5 Å². The number of hydrogen-bond acceptors (Lipinski definition) is 4. The Bertz CT molecular complexity index is 619. The van der Waals surface area contributed by atoms with E-state index in [4.69, 9.17) is 17.3 Å². The molecule has 1 aromatic carbocycles. The van der Waals surface area contributed by atoms with Crippen LogP contribution in [-0.2, 0) is 10.0 Å². The van der Waals surface area contributed by atoms with Crippen molar-refractivity contribution in [3.05, 3.63) is 22.7 Å². The average molecular weight is 332 g/mol. The first-order valence-electron chi connectivity index (χ1n) is 7.11. The highest BCUT2D eigenvalue weighted by atomic mass is 35.5. The molecular weight excluding hydrogens is 310 g/mol. The van der Waals surface area contributed by atoms with E-state index in [1.807, 2.05) is 0 Å². The lowest BCUT2D eigenvalue weighted by molar-refractivity contribution is 0.342. The van der Waals surface area contributed by atoms with Crippen molar-refractivity contribution in [3.63, 3.8) is 0 Å². The normalized spacial score (nSPS) is 20.0. The molecule has 1 unspecified atom stereocenters. The van der Waals surface area contributed by atoms with E-state index in [1.165, 1.54) is 6.07 Å². The fraction of sp³-hybridized carbons (Fsp3) is 0.571. The molecule has 1 aromatic rings. The molecule has 0 aliphatic carbocycles. The maximum Gasteiger partial charge on any atom is 0.240 e. The quantitative estimate of drug-likeness (QED) is 0.807. The highest BCUT2D eigenvalue weighted by molar-refractivity contribution is 7.89. The van der Waals surface area contributed by atoms with Crippen LogP contribution in [0, 0.1) is 12.8 Å². The minimum Gasteiger partial charge on any atom is -0.398 e. The molecule has 1 fully saturated rings. The zero-order chi connectivity index (χ0) is 15.6. The predicted molar refractivity (Wildman–Crippen MR) is 86.0 cm³/mol. The molecule has 7 heteroatoms. The number of nitrogens with one attached hydrogen (secondary N) is 1. The minimum atomic E-state index is -3.58. The minimum absolute atomic E-state index is 0.165. The molecule has 0 amide bonds. The topological polar surface area (TPSA) is 75.4 Å². The highest BCUT2D eigenvalue weighted by Crippen LogP contribution is 2.26. The Balaban J connectivity index is 2.09. The van der Waals surface area contributed by atoms with E-state index in [0.717, 1.165) is 26.1 Å². The highest BCUT2D eigenvalue weighted by Gasteiger charge is 2.24. The molecule has 1 atom stereocenters. The first-order valence-corrected chi connectivity index (χ1v) is 8.97. The monoisotopic (exact) mass is 331 g/mol. The number of rotatable bonds is 5. The number of hydrogen-bond donors (Lipinski definition) is 2. The van der Waals surface area contributed by atoms with Gasteiger partial charge in [0.15, 0.2) is 0 Å². The summed E-state index contributed by atoms with van der Waals surface area (Å²) in [6.07, 6.45) is 1.02. The summed E-state index contributed by atoms with van der Waals surface area (Å²) in [6.45, 7) is 7.23. The summed E-state index contributed by atoms with van der Waals surface area (Å²) >= 11 is 5.91. The summed E-state index contributed by atoms with van der Waals surface area (Å²) in [5, 5.41) is 0.330. The second-order valence-electron chi connectivity index (χ2n) is 5.52. The Morgan fingerprint density at radius 1 is 1.48 bits per heavy atom. The largest absolute Gasteiger partial charge is 0.398 e. The lowest BCUT2D eigenvalue weighted by Gasteiger charge is -2.15. The van der Waals surface area contributed by atoms with Gasteiger partial charge in [0.05, 0.1) is 4.90 Å². The van der Waals surface area contributed by atoms with Gasteiger partial charge in [-0.05, 0) is 50.0 Å². The Morgan fingerprint density at radius 3 is 2.81 bits per heavy atom. The van der Waals surface area contributed by atoms with E-state index in [1.54, 1.807) is 13.0 Å². The van der Waals surface area contributed by atoms with Crippen molar-refractivity contribution in [1.29, 1.82) is 0 Å². The smallest absolute Gasteiger partial charge is 0.240 e. The molecule has 21 heavy (non-hydrogen) atoms. The zero-order valence-corrected chi connectivity index (χ0v) is 14.0. The van der Waals surface area contributed by atoms with Crippen LogP contribution in [0.4, 0.5) is 5.69 Å². The van der Waals surface area contributed by atoms with Crippen LogP contribution in [0.25, 0.3) is 0 Å². The summed E-state index contributed by atoms with van der Waals surface area (Å²) in [6, 6.07) is 3.01. The number of sulfonamides is 1. The third kappa shape index (κ3) is 3.88. The van der Waals surface area contributed by atoms with Crippen molar-refractivity contribution in [2.75, 3.05) is 31.9 Å². The van der Waals surface area contributed by atoms with Gasteiger partial charge in [0.2, 0.25) is 10.0 Å². The molecule has 1 heterocycles. The lowest BCUT2D eigenvalue weighted by Crippen LogP contribution is -2.31. The van der Waals surface area contributed by atoms with Gasteiger partial charge >= 0.3 is 0 Å². The third-order valence-electron chi connectivity index (χ3n) is 4.03. The van der Waals surface area contributed by atoms with E-state index in [0.29, 0.717) is 28.7 Å². The second-order valence-corrected chi connectivity index (χ2v) is 7.69. The summed E-state index contributed by atoms with van der Waals surface area (Å²) in [4.78, 5) is 2.49. The van der Waals surface area contributed by atoms with Gasteiger partial charge in [0.25, 0.3) is 0 Å². The SMILES string of the molecule is CCN1CCC(CNS(=O)(=O)c2cc(Cl)cc(N)c2C)C1. The van der Waals surface area contributed by atoms with Gasteiger partial charge in [0, 0.05) is 23.8 Å². The number of nitrogens with zero attached hydrogens (tertiary/aromatic N) is 1. The van der Waals surface area contributed by atoms with Gasteiger partial charge in [-0.3, -0.25) is 0 Å². The van der Waals surface area contributed by atoms with Crippen molar-refractivity contribution >= 4 is 27.3 Å². The molecule has 1 aliphatic rings. The lowest BCUT2D eigenvalue weighted by atomic mass is 10.1. The third-order valence-corrected chi connectivity index (χ3v) is 5.80. The molecular formula is C14H22ClN3O2S. The molecule has 0 radical (unpaired) electrons. The Hall–Kier alpha value is -0.820. The first kappa shape index (κ1) is 16.5. The fourth-order valence-electron chi connectivity index (χ4n) is 2.63. The molecule has 0 aromatic heterocycles. The molecule has 118 valence electrons. The van der Waals surface area contributed by atoms with Crippen molar-refractivity contribution in [3.8, 4) is 0 Å². The average Bonchev–Trinajstić information content (AvgIpc) is 2.88. The number of benzene rings is 1. The molecule has 1 saturated heterocycles. The fourth-order valence-corrected chi connectivity index (χ4v) is 4.33. The van der Waals surface area contributed by atoms with Crippen molar-refractivity contribution in [1.82, 2.24) is 9.62 Å². The Morgan fingerprint density at radius 2 is 2.19 bits per heavy atom. The summed E-state index contributed by atoms with van der Waals surface area (Å²) in [5.41, 5.74) is 6.71. The van der Waals surface area contributed by atoms with Gasteiger partial charge in [-0.25, -0.2) is 13.1 Å². The van der Waals surface area contributed by atoms with E-state index in [2.05, 4.69) is 16.5 Å². The molecule has 0 saturated carbocycles. The molecule has 3 N–H and O–H groups in total. The molecule has 0 bridgehead atoms. The van der Waals surface area contributed by atoms with E-state index in [-0.39, 0.29) is 4.90 Å². The van der Waals surface area contributed by atoms with Gasteiger partial charge < -0.3 is 10.6 Å². The van der Waals surface area contributed by atoms with Crippen LogP contribution in [0.1, 0.15) is 18.9 Å². The summed E-state index contributed by atoms with van der Waals surface area (Å²) in [7, 11) is -3.58. The van der Waals surface area contributed by atoms with Gasteiger partial charge in [0.1, 0.15) is 0 Å². The van der Waals surface area contributed by atoms with Crippen molar-refractivity contribution in [2.24, 2.45) is 5.92 Å². The summed E-state index contributed by atoms with van der Waals surface area (Å²) in [5.74, 6) is 0.358. The first-order chi connectivity index (χ1) is 9.83. The van der Waals surface area contributed by atoms with Crippen LogP contribution >= 0.6 is 11.6 Å². The van der Waals surface area contributed by atoms with Gasteiger partial charge in [-0.1, -0.05) is 18.5 Å². The summed E-state index contributed by atoms with van der Waals surface area (Å²) < 4.78 is 27.5. The number of halogens is 1. The molecule has 0 spiro atoms.